The lowest BCUT2D eigenvalue weighted by atomic mass is 10.1. The highest BCUT2D eigenvalue weighted by atomic mass is 35.5. The fourth-order valence-electron chi connectivity index (χ4n) is 2.73. The highest BCUT2D eigenvalue weighted by Gasteiger charge is 2.36. The Balaban J connectivity index is 2.16. The van der Waals surface area contributed by atoms with Crippen LogP contribution in [0.25, 0.3) is 0 Å². The molecule has 0 aromatic heterocycles. The van der Waals surface area contributed by atoms with Gasteiger partial charge in [-0.3, -0.25) is 9.59 Å². The monoisotopic (exact) mass is 357 g/mol. The van der Waals surface area contributed by atoms with Gasteiger partial charge in [0.25, 0.3) is 5.91 Å². The molecule has 1 fully saturated rings. The Labute approximate surface area is 146 Å². The lowest BCUT2D eigenvalue weighted by Gasteiger charge is -2.28. The number of carbonyl (C=O) groups excluding carboxylic acids is 2. The first-order valence-electron chi connectivity index (χ1n) is 7.61. The quantitative estimate of drug-likeness (QED) is 0.879. The summed E-state index contributed by atoms with van der Waals surface area (Å²) < 4.78 is 0. The van der Waals surface area contributed by atoms with Crippen LogP contribution in [0.3, 0.4) is 0 Å². The Morgan fingerprint density at radius 3 is 2.83 bits per heavy atom. The predicted molar refractivity (Wildman–Crippen MR) is 92.1 cm³/mol. The summed E-state index contributed by atoms with van der Waals surface area (Å²) in [5, 5.41) is 3.81. The van der Waals surface area contributed by atoms with E-state index in [2.05, 4.69) is 5.32 Å². The number of rotatable bonds is 5. The van der Waals surface area contributed by atoms with E-state index >= 15 is 0 Å². The van der Waals surface area contributed by atoms with Gasteiger partial charge in [0.15, 0.2) is 0 Å². The van der Waals surface area contributed by atoms with Crippen molar-refractivity contribution >= 4 is 35.0 Å². The number of halogens is 2. The van der Waals surface area contributed by atoms with E-state index in [1.807, 2.05) is 7.05 Å². The molecule has 0 radical (unpaired) electrons. The van der Waals surface area contributed by atoms with Crippen molar-refractivity contribution in [1.29, 1.82) is 0 Å². The number of nitrogens with one attached hydrogen (secondary N) is 1. The van der Waals surface area contributed by atoms with E-state index in [0.717, 1.165) is 6.42 Å². The summed E-state index contributed by atoms with van der Waals surface area (Å²) in [5.74, 6) is -0.278. The Morgan fingerprint density at radius 2 is 2.13 bits per heavy atom. The van der Waals surface area contributed by atoms with Gasteiger partial charge in [-0.25, -0.2) is 0 Å². The normalized spacial score (nSPS) is 17.4. The molecule has 1 aliphatic heterocycles. The molecule has 2 amide bonds. The van der Waals surface area contributed by atoms with Crippen molar-refractivity contribution in [3.8, 4) is 0 Å². The first-order chi connectivity index (χ1) is 11.0. The summed E-state index contributed by atoms with van der Waals surface area (Å²) in [7, 11) is 3.60. The summed E-state index contributed by atoms with van der Waals surface area (Å²) >= 11 is 12.1. The summed E-state index contributed by atoms with van der Waals surface area (Å²) in [5.41, 5.74) is 0.344. The molecule has 7 heteroatoms. The van der Waals surface area contributed by atoms with Crippen molar-refractivity contribution in [2.75, 3.05) is 33.7 Å². The van der Waals surface area contributed by atoms with E-state index in [-0.39, 0.29) is 11.8 Å². The molecule has 1 aromatic carbocycles. The van der Waals surface area contributed by atoms with E-state index in [1.54, 1.807) is 35.0 Å². The maximum absolute atomic E-state index is 12.8. The third-order valence-electron chi connectivity index (χ3n) is 4.03. The minimum Gasteiger partial charge on any atom is -0.343 e. The van der Waals surface area contributed by atoms with E-state index in [4.69, 9.17) is 23.2 Å². The van der Waals surface area contributed by atoms with Gasteiger partial charge in [-0.2, -0.15) is 0 Å². The zero-order valence-corrected chi connectivity index (χ0v) is 14.8. The van der Waals surface area contributed by atoms with Crippen LogP contribution in [0, 0.1) is 0 Å². The zero-order valence-electron chi connectivity index (χ0n) is 13.3. The molecule has 1 aromatic rings. The van der Waals surface area contributed by atoms with Crippen LogP contribution in [-0.2, 0) is 4.79 Å². The fourth-order valence-corrected chi connectivity index (χ4v) is 3.10. The van der Waals surface area contributed by atoms with E-state index < -0.39 is 6.04 Å². The molecule has 0 bridgehead atoms. The van der Waals surface area contributed by atoms with Gasteiger partial charge in [-0.15, -0.1) is 0 Å². The van der Waals surface area contributed by atoms with Gasteiger partial charge in [0.05, 0.1) is 10.6 Å². The number of hydrogen-bond acceptors (Lipinski definition) is 3. The molecule has 1 saturated heterocycles. The molecule has 1 N–H and O–H groups in total. The second kappa shape index (κ2) is 7.99. The third-order valence-corrected chi connectivity index (χ3v) is 4.60. The summed E-state index contributed by atoms with van der Waals surface area (Å²) in [6.07, 6.45) is 1.48. The minimum atomic E-state index is -0.431. The zero-order chi connectivity index (χ0) is 17.0. The molecule has 1 aliphatic rings. The third kappa shape index (κ3) is 4.16. The molecule has 1 heterocycles. The van der Waals surface area contributed by atoms with E-state index in [9.17, 15) is 9.59 Å². The molecule has 0 aliphatic carbocycles. The van der Waals surface area contributed by atoms with Crippen molar-refractivity contribution < 1.29 is 9.59 Å². The topological polar surface area (TPSA) is 52.7 Å². The first kappa shape index (κ1) is 18.0. The number of amides is 2. The van der Waals surface area contributed by atoms with Crippen molar-refractivity contribution in [3.63, 3.8) is 0 Å². The van der Waals surface area contributed by atoms with E-state index in [0.29, 0.717) is 41.7 Å². The molecule has 23 heavy (non-hydrogen) atoms. The highest BCUT2D eigenvalue weighted by molar-refractivity contribution is 6.35. The number of benzene rings is 1. The average Bonchev–Trinajstić information content (AvgIpc) is 3.02. The maximum Gasteiger partial charge on any atom is 0.256 e. The van der Waals surface area contributed by atoms with Gasteiger partial charge < -0.3 is 15.1 Å². The van der Waals surface area contributed by atoms with Crippen LogP contribution in [0.4, 0.5) is 0 Å². The number of likely N-dealkylation sites (N-methyl/N-ethyl adjacent to an activating group) is 2. The average molecular weight is 358 g/mol. The lowest BCUT2D eigenvalue weighted by molar-refractivity contribution is -0.133. The van der Waals surface area contributed by atoms with E-state index in [1.165, 1.54) is 0 Å². The minimum absolute atomic E-state index is 0.0377. The molecule has 5 nitrogen and oxygen atoms in total. The van der Waals surface area contributed by atoms with Crippen LogP contribution in [0.15, 0.2) is 18.2 Å². The van der Waals surface area contributed by atoms with Crippen LogP contribution >= 0.6 is 23.2 Å². The largest absolute Gasteiger partial charge is 0.343 e. The Morgan fingerprint density at radius 1 is 1.39 bits per heavy atom. The molecule has 1 unspecified atom stereocenters. The summed E-state index contributed by atoms with van der Waals surface area (Å²) in [6.45, 7) is 1.87. The SMILES string of the molecule is CNCCN(C)C(=O)C1CCCN1C(=O)c1cc(Cl)ccc1Cl. The second-order valence-electron chi connectivity index (χ2n) is 5.64. The second-order valence-corrected chi connectivity index (χ2v) is 6.49. The lowest BCUT2D eigenvalue weighted by Crippen LogP contribution is -2.47. The fraction of sp³-hybridized carbons (Fsp3) is 0.500. The Bertz CT molecular complexity index is 595. The molecule has 126 valence electrons. The molecule has 2 rings (SSSR count). The number of likely N-dealkylation sites (tertiary alicyclic amines) is 1. The molecule has 0 spiro atoms. The van der Waals surface area contributed by atoms with Gasteiger partial charge in [0.1, 0.15) is 6.04 Å². The van der Waals surface area contributed by atoms with Crippen molar-refractivity contribution in [2.45, 2.75) is 18.9 Å². The van der Waals surface area contributed by atoms with Crippen LogP contribution in [0.5, 0.6) is 0 Å². The predicted octanol–water partition coefficient (Wildman–Crippen LogP) is 2.28. The Kier molecular flexibility index (Phi) is 6.27. The smallest absolute Gasteiger partial charge is 0.256 e. The van der Waals surface area contributed by atoms with Gasteiger partial charge in [0.2, 0.25) is 5.91 Å². The van der Waals surface area contributed by atoms with Crippen LogP contribution in [-0.4, -0.2) is 61.4 Å². The van der Waals surface area contributed by atoms with Gasteiger partial charge in [-0.1, -0.05) is 23.2 Å². The molecule has 1 atom stereocenters. The summed E-state index contributed by atoms with van der Waals surface area (Å²) in [4.78, 5) is 28.6. The first-order valence-corrected chi connectivity index (χ1v) is 8.37. The maximum atomic E-state index is 12.8. The van der Waals surface area contributed by atoms with Crippen molar-refractivity contribution in [3.05, 3.63) is 33.8 Å². The molecular formula is C16H21Cl2N3O2. The Hall–Kier alpha value is -1.30. The van der Waals surface area contributed by atoms with Gasteiger partial charge >= 0.3 is 0 Å². The number of carbonyl (C=O) groups is 2. The van der Waals surface area contributed by atoms with Crippen LogP contribution in [0.1, 0.15) is 23.2 Å². The number of nitrogens with zero attached hydrogens (tertiary/aromatic N) is 2. The summed E-state index contributed by atoms with van der Waals surface area (Å²) in [6, 6.07) is 4.36. The standard InChI is InChI=1S/C16H21Cl2N3O2/c1-19-7-9-20(2)16(23)14-4-3-8-21(14)15(22)12-10-11(17)5-6-13(12)18/h5-6,10,14,19H,3-4,7-9H2,1-2H3. The van der Waals surface area contributed by atoms with Gasteiger partial charge in [0, 0.05) is 31.7 Å². The molecule has 0 saturated carbocycles. The van der Waals surface area contributed by atoms with Crippen LogP contribution < -0.4 is 5.32 Å². The molecular weight excluding hydrogens is 337 g/mol. The van der Waals surface area contributed by atoms with Crippen molar-refractivity contribution in [1.82, 2.24) is 15.1 Å². The highest BCUT2D eigenvalue weighted by Crippen LogP contribution is 2.26. The van der Waals surface area contributed by atoms with Gasteiger partial charge in [-0.05, 0) is 38.1 Å². The number of hydrogen-bond donors (Lipinski definition) is 1. The van der Waals surface area contributed by atoms with Crippen LogP contribution in [0.2, 0.25) is 10.0 Å². The van der Waals surface area contributed by atoms with Crippen molar-refractivity contribution in [2.24, 2.45) is 0 Å².